The zero-order valence-electron chi connectivity index (χ0n) is 12.8. The summed E-state index contributed by atoms with van der Waals surface area (Å²) in [5.74, 6) is 0.455. The van der Waals surface area contributed by atoms with Crippen LogP contribution in [0, 0.1) is 0 Å². The van der Waals surface area contributed by atoms with Crippen molar-refractivity contribution >= 4 is 33.3 Å². The molecule has 0 aliphatic carbocycles. The number of rotatable bonds is 5. The molecule has 0 aliphatic heterocycles. The minimum atomic E-state index is -0.935. The lowest BCUT2D eigenvalue weighted by atomic mass is 10.2. The van der Waals surface area contributed by atoms with E-state index in [9.17, 15) is 9.00 Å². The average Bonchev–Trinajstić information content (AvgIpc) is 2.95. The molecule has 2 atom stereocenters. The lowest BCUT2D eigenvalue weighted by Gasteiger charge is -2.23. The highest BCUT2D eigenvalue weighted by Crippen LogP contribution is 2.28. The van der Waals surface area contributed by atoms with E-state index >= 15 is 0 Å². The number of hydrogen-bond donors (Lipinski definition) is 1. The van der Waals surface area contributed by atoms with Gasteiger partial charge in [0.15, 0.2) is 5.13 Å². The Morgan fingerprint density at radius 2 is 2.09 bits per heavy atom. The second-order valence-electron chi connectivity index (χ2n) is 5.03. The molecule has 0 radical (unpaired) electrons. The molecule has 0 saturated heterocycles. The van der Waals surface area contributed by atoms with E-state index in [1.54, 1.807) is 24.4 Å². The van der Waals surface area contributed by atoms with Gasteiger partial charge in [0, 0.05) is 42.1 Å². The first-order chi connectivity index (χ1) is 10.5. The summed E-state index contributed by atoms with van der Waals surface area (Å²) >= 11 is 1.43. The Morgan fingerprint density at radius 3 is 2.73 bits per heavy atom. The Hall–Kier alpha value is -1.73. The first-order valence-corrected chi connectivity index (χ1v) is 9.37. The van der Waals surface area contributed by atoms with Crippen molar-refractivity contribution in [1.82, 2.24) is 9.88 Å². The summed E-state index contributed by atoms with van der Waals surface area (Å²) < 4.78 is 11.2. The van der Waals surface area contributed by atoms with Gasteiger partial charge in [-0.2, -0.15) is 0 Å². The molecular formula is C15H19N3O2S2. The van der Waals surface area contributed by atoms with Gasteiger partial charge in [-0.1, -0.05) is 41.7 Å². The molecular weight excluding hydrogens is 318 g/mol. The Morgan fingerprint density at radius 1 is 1.41 bits per heavy atom. The molecule has 0 spiro atoms. The van der Waals surface area contributed by atoms with Crippen LogP contribution in [-0.4, -0.2) is 45.2 Å². The van der Waals surface area contributed by atoms with Crippen LogP contribution in [0.15, 0.2) is 36.5 Å². The number of hydrogen-bond acceptors (Lipinski definition) is 4. The van der Waals surface area contributed by atoms with Crippen molar-refractivity contribution in [2.75, 3.05) is 24.4 Å². The second-order valence-corrected chi connectivity index (χ2v) is 7.54. The summed E-state index contributed by atoms with van der Waals surface area (Å²) in [6, 6.07) is 9.56. The number of nitrogens with one attached hydrogen (secondary N) is 1. The van der Waals surface area contributed by atoms with Crippen molar-refractivity contribution in [3.8, 4) is 10.4 Å². The fourth-order valence-electron chi connectivity index (χ4n) is 1.90. The number of carbonyl (C=O) groups is 1. The van der Waals surface area contributed by atoms with E-state index in [-0.39, 0.29) is 12.1 Å². The zero-order valence-corrected chi connectivity index (χ0v) is 14.4. The summed E-state index contributed by atoms with van der Waals surface area (Å²) in [4.78, 5) is 18.9. The average molecular weight is 337 g/mol. The fraction of sp³-hybridized carbons (Fsp3) is 0.333. The van der Waals surface area contributed by atoms with Crippen LogP contribution in [0.4, 0.5) is 9.93 Å². The summed E-state index contributed by atoms with van der Waals surface area (Å²) in [7, 11) is 0.758. The van der Waals surface area contributed by atoms with E-state index in [2.05, 4.69) is 10.3 Å². The van der Waals surface area contributed by atoms with Crippen LogP contribution >= 0.6 is 11.3 Å². The van der Waals surface area contributed by atoms with Gasteiger partial charge in [0.2, 0.25) is 0 Å². The van der Waals surface area contributed by atoms with E-state index in [4.69, 9.17) is 0 Å². The third-order valence-corrected chi connectivity index (χ3v) is 5.15. The van der Waals surface area contributed by atoms with Crippen LogP contribution in [-0.2, 0) is 10.8 Å². The molecule has 0 fully saturated rings. The summed E-state index contributed by atoms with van der Waals surface area (Å²) in [6.45, 7) is 1.87. The van der Waals surface area contributed by atoms with Crippen molar-refractivity contribution < 1.29 is 9.00 Å². The molecule has 0 aliphatic rings. The van der Waals surface area contributed by atoms with Crippen molar-refractivity contribution in [2.45, 2.75) is 13.0 Å². The molecule has 2 rings (SSSR count). The standard InChI is InChI=1S/C15H19N3O2S2/c1-11(10-22(3)20)18(2)15(19)17-14-16-9-13(21-14)12-7-5-4-6-8-12/h4-9,11H,10H2,1-3H3,(H,16,17,19)/t11-,22+/m1/s1. The van der Waals surface area contributed by atoms with E-state index in [0.29, 0.717) is 10.9 Å². The maximum absolute atomic E-state index is 12.2. The van der Waals surface area contributed by atoms with Crippen LogP contribution in [0.3, 0.4) is 0 Å². The monoisotopic (exact) mass is 337 g/mol. The summed E-state index contributed by atoms with van der Waals surface area (Å²) in [6.07, 6.45) is 3.38. The molecule has 1 aromatic heterocycles. The lowest BCUT2D eigenvalue weighted by Crippen LogP contribution is -2.40. The number of amides is 2. The van der Waals surface area contributed by atoms with E-state index in [1.807, 2.05) is 37.3 Å². The topological polar surface area (TPSA) is 62.3 Å². The third kappa shape index (κ3) is 4.38. The predicted octanol–water partition coefficient (Wildman–Crippen LogP) is 3.04. The maximum Gasteiger partial charge on any atom is 0.323 e. The first-order valence-electron chi connectivity index (χ1n) is 6.82. The minimum Gasteiger partial charge on any atom is -0.324 e. The SMILES string of the molecule is C[C@H](C[S@](C)=O)N(C)C(=O)Nc1ncc(-c2ccccc2)s1. The van der Waals surface area contributed by atoms with Gasteiger partial charge in [0.05, 0.1) is 4.88 Å². The van der Waals surface area contributed by atoms with Crippen molar-refractivity contribution in [2.24, 2.45) is 0 Å². The van der Waals surface area contributed by atoms with Crippen molar-refractivity contribution in [3.63, 3.8) is 0 Å². The smallest absolute Gasteiger partial charge is 0.323 e. The molecule has 0 unspecified atom stereocenters. The Kier molecular flexibility index (Phi) is 5.68. The molecule has 5 nitrogen and oxygen atoms in total. The quantitative estimate of drug-likeness (QED) is 0.912. The number of aromatic nitrogens is 1. The molecule has 0 bridgehead atoms. The van der Waals surface area contributed by atoms with Gasteiger partial charge < -0.3 is 4.90 Å². The van der Waals surface area contributed by atoms with Crippen LogP contribution in [0.5, 0.6) is 0 Å². The molecule has 118 valence electrons. The van der Waals surface area contributed by atoms with E-state index in [1.165, 1.54) is 11.3 Å². The van der Waals surface area contributed by atoms with Gasteiger partial charge in [-0.3, -0.25) is 9.53 Å². The number of nitrogens with zero attached hydrogens (tertiary/aromatic N) is 2. The van der Waals surface area contributed by atoms with Gasteiger partial charge in [0.25, 0.3) is 0 Å². The maximum atomic E-state index is 12.2. The van der Waals surface area contributed by atoms with Gasteiger partial charge in [-0.25, -0.2) is 9.78 Å². The summed E-state index contributed by atoms with van der Waals surface area (Å²) in [5.41, 5.74) is 1.07. The van der Waals surface area contributed by atoms with E-state index < -0.39 is 10.8 Å². The van der Waals surface area contributed by atoms with Gasteiger partial charge in [-0.15, -0.1) is 0 Å². The minimum absolute atomic E-state index is 0.0978. The number of anilines is 1. The summed E-state index contributed by atoms with van der Waals surface area (Å²) in [5, 5.41) is 3.34. The zero-order chi connectivity index (χ0) is 16.1. The van der Waals surface area contributed by atoms with Gasteiger partial charge in [-0.05, 0) is 12.5 Å². The molecule has 1 heterocycles. The van der Waals surface area contributed by atoms with Gasteiger partial charge >= 0.3 is 6.03 Å². The van der Waals surface area contributed by atoms with Crippen LogP contribution in [0.1, 0.15) is 6.92 Å². The highest BCUT2D eigenvalue weighted by Gasteiger charge is 2.18. The normalized spacial score (nSPS) is 13.4. The molecule has 22 heavy (non-hydrogen) atoms. The van der Waals surface area contributed by atoms with E-state index in [0.717, 1.165) is 10.4 Å². The highest BCUT2D eigenvalue weighted by molar-refractivity contribution is 7.84. The molecule has 0 saturated carbocycles. The third-order valence-electron chi connectivity index (χ3n) is 3.24. The number of thiazole rings is 1. The van der Waals surface area contributed by atoms with Crippen LogP contribution < -0.4 is 5.32 Å². The fourth-order valence-corrected chi connectivity index (χ4v) is 3.61. The van der Waals surface area contributed by atoms with Crippen molar-refractivity contribution in [3.05, 3.63) is 36.5 Å². The van der Waals surface area contributed by atoms with Gasteiger partial charge in [0.1, 0.15) is 0 Å². The Balaban J connectivity index is 2.01. The van der Waals surface area contributed by atoms with Crippen molar-refractivity contribution in [1.29, 1.82) is 0 Å². The largest absolute Gasteiger partial charge is 0.324 e. The number of benzene rings is 1. The predicted molar refractivity (Wildman–Crippen MR) is 92.7 cm³/mol. The molecule has 2 aromatic rings. The molecule has 1 N–H and O–H groups in total. The first kappa shape index (κ1) is 16.6. The Labute approximate surface area is 136 Å². The molecule has 2 amide bonds. The number of urea groups is 1. The molecule has 1 aromatic carbocycles. The highest BCUT2D eigenvalue weighted by atomic mass is 32.2. The van der Waals surface area contributed by atoms with Crippen LogP contribution in [0.25, 0.3) is 10.4 Å². The lowest BCUT2D eigenvalue weighted by molar-refractivity contribution is 0.212. The number of carbonyl (C=O) groups excluding carboxylic acids is 1. The second kappa shape index (κ2) is 7.51. The molecule has 7 heteroatoms. The van der Waals surface area contributed by atoms with Crippen LogP contribution in [0.2, 0.25) is 0 Å². The Bertz CT molecular complexity index is 658.